The van der Waals surface area contributed by atoms with Crippen molar-refractivity contribution in [2.75, 3.05) is 13.2 Å². The first-order valence-electron chi connectivity index (χ1n) is 35.4. The van der Waals surface area contributed by atoms with Gasteiger partial charge in [0.25, 0.3) is 0 Å². The van der Waals surface area contributed by atoms with Crippen molar-refractivity contribution in [3.05, 3.63) is 97.2 Å². The van der Waals surface area contributed by atoms with Crippen molar-refractivity contribution in [3.8, 4) is 0 Å². The van der Waals surface area contributed by atoms with Gasteiger partial charge in [0.05, 0.1) is 25.4 Å². The van der Waals surface area contributed by atoms with Crippen LogP contribution in [0.25, 0.3) is 0 Å². The standard InChI is InChI=1S/C75H133NO8/c1-3-5-7-9-11-13-15-17-19-21-23-25-27-29-31-33-35-37-39-41-43-45-47-49-51-53-55-57-59-61-63-65-71(79)76-68(67-83-75-74(82)73(81)72(80)70(66-77)84-75)69(78)64-62-60-58-56-54-52-50-48-46-44-42-40-38-36-34-32-30-28-26-24-22-20-18-16-14-12-10-8-6-4-2/h5,7,11,13,17,19,23,25,29,31,35,37,41,43,47,49,68-70,72-75,77-78,80-82H,3-4,6,8-10,12,14-16,18,20-22,24,26-28,30,32-34,36,38-40,42,44-46,48,50-67H2,1-2H3,(H,76,79)/b7-5-,13-11-,19-17-,25-23-,31-29-,37-35-,43-41-,49-47-. The largest absolute Gasteiger partial charge is 0.394 e. The van der Waals surface area contributed by atoms with Crippen LogP contribution in [0, 0.1) is 0 Å². The Hall–Kier alpha value is -2.89. The van der Waals surface area contributed by atoms with E-state index in [4.69, 9.17) is 9.47 Å². The highest BCUT2D eigenvalue weighted by Gasteiger charge is 2.44. The molecule has 0 bridgehead atoms. The van der Waals surface area contributed by atoms with Crippen molar-refractivity contribution in [1.29, 1.82) is 0 Å². The van der Waals surface area contributed by atoms with Gasteiger partial charge in [-0.3, -0.25) is 4.79 Å². The number of aliphatic hydroxyl groups excluding tert-OH is 5. The fraction of sp³-hybridized carbons (Fsp3) is 0.773. The minimum Gasteiger partial charge on any atom is -0.394 e. The lowest BCUT2D eigenvalue weighted by molar-refractivity contribution is -0.302. The molecule has 1 heterocycles. The summed E-state index contributed by atoms with van der Waals surface area (Å²) in [6, 6.07) is -0.736. The predicted molar refractivity (Wildman–Crippen MR) is 359 cm³/mol. The molecule has 1 amide bonds. The zero-order valence-electron chi connectivity index (χ0n) is 54.4. The monoisotopic (exact) mass is 1180 g/mol. The fourth-order valence-electron chi connectivity index (χ4n) is 10.9. The smallest absolute Gasteiger partial charge is 0.220 e. The molecule has 1 saturated heterocycles. The second-order valence-corrected chi connectivity index (χ2v) is 24.3. The van der Waals surface area contributed by atoms with Crippen molar-refractivity contribution in [1.82, 2.24) is 5.32 Å². The number of aliphatic hydroxyl groups is 5. The van der Waals surface area contributed by atoms with Crippen molar-refractivity contribution < 1.29 is 39.8 Å². The molecule has 0 aromatic heterocycles. The molecular formula is C75H133NO8. The Labute approximate surface area is 517 Å². The molecule has 1 rings (SSSR count). The third-order valence-corrected chi connectivity index (χ3v) is 16.5. The van der Waals surface area contributed by atoms with Crippen LogP contribution >= 0.6 is 0 Å². The third kappa shape index (κ3) is 51.2. The van der Waals surface area contributed by atoms with Crippen LogP contribution in [0.2, 0.25) is 0 Å². The van der Waals surface area contributed by atoms with Crippen LogP contribution in [0.5, 0.6) is 0 Å². The molecule has 7 unspecified atom stereocenters. The summed E-state index contributed by atoms with van der Waals surface area (Å²) in [6.07, 6.45) is 84.7. The number of allylic oxidation sites excluding steroid dienone is 16. The first-order chi connectivity index (χ1) is 41.3. The number of amides is 1. The number of ether oxygens (including phenoxy) is 2. The van der Waals surface area contributed by atoms with Gasteiger partial charge in [-0.15, -0.1) is 0 Å². The molecule has 1 aliphatic rings. The first-order valence-corrected chi connectivity index (χ1v) is 35.4. The molecule has 9 nitrogen and oxygen atoms in total. The number of carbonyl (C=O) groups is 1. The summed E-state index contributed by atoms with van der Waals surface area (Å²) in [5, 5.41) is 55.0. The van der Waals surface area contributed by atoms with Crippen LogP contribution in [-0.4, -0.2) is 87.5 Å². The highest BCUT2D eigenvalue weighted by molar-refractivity contribution is 5.76. The quantitative estimate of drug-likeness (QED) is 0.0261. The van der Waals surface area contributed by atoms with Gasteiger partial charge in [-0.1, -0.05) is 329 Å². The van der Waals surface area contributed by atoms with Crippen molar-refractivity contribution >= 4 is 5.91 Å². The van der Waals surface area contributed by atoms with E-state index < -0.39 is 49.5 Å². The summed E-state index contributed by atoms with van der Waals surface area (Å²) in [7, 11) is 0. The van der Waals surface area contributed by atoms with Crippen molar-refractivity contribution in [3.63, 3.8) is 0 Å². The molecule has 6 N–H and O–H groups in total. The molecule has 1 aliphatic heterocycles. The van der Waals surface area contributed by atoms with Gasteiger partial charge >= 0.3 is 0 Å². The molecule has 84 heavy (non-hydrogen) atoms. The second kappa shape index (κ2) is 63.1. The maximum absolute atomic E-state index is 13.2. The summed E-state index contributed by atoms with van der Waals surface area (Å²) in [5.74, 6) is -0.159. The van der Waals surface area contributed by atoms with E-state index in [0.717, 1.165) is 109 Å². The van der Waals surface area contributed by atoms with Gasteiger partial charge in [-0.25, -0.2) is 0 Å². The molecule has 0 aromatic carbocycles. The number of hydrogen-bond donors (Lipinski definition) is 6. The van der Waals surface area contributed by atoms with Crippen molar-refractivity contribution in [2.24, 2.45) is 0 Å². The number of unbranched alkanes of at least 4 members (excludes halogenated alkanes) is 35. The average Bonchev–Trinajstić information content (AvgIpc) is 3.70. The lowest BCUT2D eigenvalue weighted by Gasteiger charge is -2.40. The highest BCUT2D eigenvalue weighted by atomic mass is 16.7. The van der Waals surface area contributed by atoms with Crippen LogP contribution in [0.4, 0.5) is 0 Å². The van der Waals surface area contributed by atoms with Gasteiger partial charge in [0, 0.05) is 6.42 Å². The normalized spacial score (nSPS) is 18.8. The van der Waals surface area contributed by atoms with Gasteiger partial charge in [0.15, 0.2) is 6.29 Å². The zero-order valence-corrected chi connectivity index (χ0v) is 54.4. The Morgan fingerprint density at radius 1 is 0.417 bits per heavy atom. The minimum absolute atomic E-state index is 0.149. The molecule has 0 aromatic rings. The molecular weight excluding hydrogens is 1040 g/mol. The Balaban J connectivity index is 2.15. The number of hydrogen-bond acceptors (Lipinski definition) is 8. The molecule has 0 aliphatic carbocycles. The van der Waals surface area contributed by atoms with Gasteiger partial charge in [0.1, 0.15) is 24.4 Å². The van der Waals surface area contributed by atoms with Gasteiger partial charge < -0.3 is 40.3 Å². The van der Waals surface area contributed by atoms with Crippen LogP contribution in [0.15, 0.2) is 97.2 Å². The Kier molecular flexibility index (Phi) is 59.5. The summed E-state index contributed by atoms with van der Waals surface area (Å²) in [6.45, 7) is 3.75. The number of carbonyl (C=O) groups excluding carboxylic acids is 1. The van der Waals surface area contributed by atoms with Crippen molar-refractivity contribution in [2.45, 2.75) is 358 Å². The minimum atomic E-state index is -1.56. The van der Waals surface area contributed by atoms with E-state index in [1.807, 2.05) is 0 Å². The molecule has 486 valence electrons. The maximum atomic E-state index is 13.2. The molecule has 7 atom stereocenters. The van der Waals surface area contributed by atoms with E-state index in [2.05, 4.69) is 116 Å². The molecule has 0 radical (unpaired) electrons. The van der Waals surface area contributed by atoms with E-state index in [1.54, 1.807) is 0 Å². The van der Waals surface area contributed by atoms with Gasteiger partial charge in [-0.05, 0) is 77.0 Å². The van der Waals surface area contributed by atoms with Gasteiger partial charge in [0.2, 0.25) is 5.91 Å². The SMILES string of the molecule is CC/C=C\C/C=C\C/C=C\C/C=C\C/C=C\C/C=C\C/C=C\C/C=C\CCCCCCCCC(=O)NC(COC1OC(CO)C(O)C(O)C1O)C(O)CCCCCCCCCCCCCCCCCCCCCCCCCCCCCCCC. The molecule has 9 heteroatoms. The summed E-state index contributed by atoms with van der Waals surface area (Å²) in [4.78, 5) is 13.2. The van der Waals surface area contributed by atoms with E-state index in [0.29, 0.717) is 12.8 Å². The highest BCUT2D eigenvalue weighted by Crippen LogP contribution is 2.24. The number of nitrogens with one attached hydrogen (secondary N) is 1. The lowest BCUT2D eigenvalue weighted by Crippen LogP contribution is -2.60. The van der Waals surface area contributed by atoms with Crippen LogP contribution in [0.3, 0.4) is 0 Å². The summed E-state index contributed by atoms with van der Waals surface area (Å²) >= 11 is 0. The van der Waals surface area contributed by atoms with Crippen LogP contribution < -0.4 is 5.32 Å². The summed E-state index contributed by atoms with van der Waals surface area (Å²) in [5.41, 5.74) is 0. The molecule has 1 fully saturated rings. The molecule has 0 saturated carbocycles. The Bertz CT molecular complexity index is 1650. The third-order valence-electron chi connectivity index (χ3n) is 16.5. The fourth-order valence-corrected chi connectivity index (χ4v) is 10.9. The number of rotatable bonds is 61. The maximum Gasteiger partial charge on any atom is 0.220 e. The van der Waals surface area contributed by atoms with Gasteiger partial charge in [-0.2, -0.15) is 0 Å². The van der Waals surface area contributed by atoms with Crippen LogP contribution in [-0.2, 0) is 14.3 Å². The summed E-state index contributed by atoms with van der Waals surface area (Å²) < 4.78 is 11.4. The predicted octanol–water partition coefficient (Wildman–Crippen LogP) is 19.5. The first kappa shape index (κ1) is 79.1. The van der Waals surface area contributed by atoms with E-state index in [-0.39, 0.29) is 12.5 Å². The lowest BCUT2D eigenvalue weighted by atomic mass is 9.99. The zero-order chi connectivity index (χ0) is 60.7. The van der Waals surface area contributed by atoms with E-state index >= 15 is 0 Å². The average molecular weight is 1180 g/mol. The second-order valence-electron chi connectivity index (χ2n) is 24.3. The van der Waals surface area contributed by atoms with E-state index in [1.165, 1.54) is 180 Å². The molecule has 0 spiro atoms. The Morgan fingerprint density at radius 2 is 0.738 bits per heavy atom. The van der Waals surface area contributed by atoms with E-state index in [9.17, 15) is 30.3 Å². The topological polar surface area (TPSA) is 149 Å². The Morgan fingerprint density at radius 3 is 1.10 bits per heavy atom. The van der Waals surface area contributed by atoms with Crippen LogP contribution in [0.1, 0.15) is 316 Å².